The van der Waals surface area contributed by atoms with Crippen molar-refractivity contribution in [1.82, 2.24) is 10.2 Å². The molecule has 1 spiro atoms. The first kappa shape index (κ1) is 25.0. The van der Waals surface area contributed by atoms with Crippen molar-refractivity contribution in [1.29, 1.82) is 0 Å². The molecular weight excluding hydrogens is 394 g/mol. The van der Waals surface area contributed by atoms with Gasteiger partial charge in [0.2, 0.25) is 17.7 Å². The van der Waals surface area contributed by atoms with Crippen LogP contribution < -0.4 is 5.32 Å². The van der Waals surface area contributed by atoms with Gasteiger partial charge < -0.3 is 19.7 Å². The van der Waals surface area contributed by atoms with E-state index in [1.54, 1.807) is 11.8 Å². The lowest BCUT2D eigenvalue weighted by atomic mass is 9.76. The summed E-state index contributed by atoms with van der Waals surface area (Å²) >= 11 is 0. The molecule has 8 heteroatoms. The standard InChI is InChI=1S/C20H32F2N2O4.C2H6/c1-14(28-11-16-3-5-20(21,22)6-4-16)17(23-15(2)25)18(26)24-9-7-19(8-10-24)12-27-13-19;1-2/h14,16-17H,3-13H2,1-2H3,(H,23,25);1-2H3. The first-order valence-electron chi connectivity index (χ1n) is 11.3. The van der Waals surface area contributed by atoms with Crippen molar-refractivity contribution in [3.05, 3.63) is 0 Å². The number of hydrogen-bond donors (Lipinski definition) is 1. The van der Waals surface area contributed by atoms with E-state index in [0.717, 1.165) is 26.1 Å². The maximum atomic E-state index is 13.3. The van der Waals surface area contributed by atoms with Crippen LogP contribution in [0.4, 0.5) is 8.78 Å². The summed E-state index contributed by atoms with van der Waals surface area (Å²) in [6.07, 6.45) is 1.95. The number of carbonyl (C=O) groups is 2. The van der Waals surface area contributed by atoms with Crippen LogP contribution in [0, 0.1) is 11.3 Å². The molecule has 2 aliphatic heterocycles. The van der Waals surface area contributed by atoms with E-state index in [4.69, 9.17) is 9.47 Å². The van der Waals surface area contributed by atoms with Crippen LogP contribution in [-0.4, -0.2) is 67.7 Å². The van der Waals surface area contributed by atoms with Crippen molar-refractivity contribution >= 4 is 11.8 Å². The van der Waals surface area contributed by atoms with E-state index < -0.39 is 18.1 Å². The number of ether oxygens (including phenoxy) is 2. The molecular formula is C22H38F2N2O4. The Bertz CT molecular complexity index is 563. The number of piperidine rings is 1. The third-order valence-electron chi connectivity index (χ3n) is 6.48. The van der Waals surface area contributed by atoms with Gasteiger partial charge in [0.25, 0.3) is 0 Å². The van der Waals surface area contributed by atoms with E-state index in [2.05, 4.69) is 5.32 Å². The molecule has 2 amide bonds. The number of rotatable bonds is 6. The second-order valence-corrected chi connectivity index (χ2v) is 8.83. The molecule has 1 N–H and O–H groups in total. The van der Waals surface area contributed by atoms with E-state index >= 15 is 0 Å². The summed E-state index contributed by atoms with van der Waals surface area (Å²) in [4.78, 5) is 26.5. The van der Waals surface area contributed by atoms with Crippen molar-refractivity contribution in [3.63, 3.8) is 0 Å². The van der Waals surface area contributed by atoms with Gasteiger partial charge in [-0.2, -0.15) is 0 Å². The average Bonchev–Trinajstić information content (AvgIpc) is 2.71. The molecule has 1 saturated carbocycles. The quantitative estimate of drug-likeness (QED) is 0.699. The minimum Gasteiger partial charge on any atom is -0.380 e. The van der Waals surface area contributed by atoms with E-state index in [0.29, 0.717) is 32.5 Å². The van der Waals surface area contributed by atoms with Crippen LogP contribution in [-0.2, 0) is 19.1 Å². The zero-order chi connectivity index (χ0) is 22.4. The van der Waals surface area contributed by atoms with Crippen LogP contribution in [0.5, 0.6) is 0 Å². The Morgan fingerprint density at radius 1 is 1.13 bits per heavy atom. The van der Waals surface area contributed by atoms with Gasteiger partial charge in [-0.1, -0.05) is 13.8 Å². The molecule has 2 atom stereocenters. The van der Waals surface area contributed by atoms with Gasteiger partial charge in [-0.3, -0.25) is 9.59 Å². The Hall–Kier alpha value is -1.28. The van der Waals surface area contributed by atoms with Gasteiger partial charge in [0.1, 0.15) is 6.04 Å². The minimum absolute atomic E-state index is 0.0728. The topological polar surface area (TPSA) is 67.9 Å². The number of alkyl halides is 2. The third-order valence-corrected chi connectivity index (χ3v) is 6.48. The fraction of sp³-hybridized carbons (Fsp3) is 0.909. The van der Waals surface area contributed by atoms with Gasteiger partial charge in [-0.05, 0) is 38.5 Å². The fourth-order valence-corrected chi connectivity index (χ4v) is 4.33. The number of amides is 2. The Balaban J connectivity index is 0.00000155. The highest BCUT2D eigenvalue weighted by Crippen LogP contribution is 2.39. The Morgan fingerprint density at radius 2 is 1.70 bits per heavy atom. The molecule has 0 aromatic rings. The van der Waals surface area contributed by atoms with Gasteiger partial charge in [0.15, 0.2) is 0 Å². The van der Waals surface area contributed by atoms with Crippen LogP contribution in [0.2, 0.25) is 0 Å². The van der Waals surface area contributed by atoms with Crippen molar-refractivity contribution in [3.8, 4) is 0 Å². The van der Waals surface area contributed by atoms with Gasteiger partial charge in [0.05, 0.1) is 19.3 Å². The number of nitrogens with one attached hydrogen (secondary N) is 1. The third kappa shape index (κ3) is 6.61. The smallest absolute Gasteiger partial charge is 0.248 e. The number of nitrogens with zero attached hydrogens (tertiary/aromatic N) is 1. The van der Waals surface area contributed by atoms with E-state index in [-0.39, 0.29) is 36.0 Å². The highest BCUT2D eigenvalue weighted by atomic mass is 19.3. The molecule has 30 heavy (non-hydrogen) atoms. The molecule has 2 unspecified atom stereocenters. The minimum atomic E-state index is -2.56. The fourth-order valence-electron chi connectivity index (χ4n) is 4.33. The van der Waals surface area contributed by atoms with Crippen molar-refractivity contribution in [2.45, 2.75) is 84.3 Å². The normalized spacial score (nSPS) is 24.8. The molecule has 0 aromatic heterocycles. The van der Waals surface area contributed by atoms with Crippen molar-refractivity contribution in [2.75, 3.05) is 32.9 Å². The van der Waals surface area contributed by atoms with Crippen molar-refractivity contribution < 1.29 is 27.8 Å². The van der Waals surface area contributed by atoms with Crippen molar-refractivity contribution in [2.24, 2.45) is 11.3 Å². The summed E-state index contributed by atoms with van der Waals surface area (Å²) < 4.78 is 37.8. The monoisotopic (exact) mass is 432 g/mol. The second-order valence-electron chi connectivity index (χ2n) is 8.83. The predicted molar refractivity (Wildman–Crippen MR) is 110 cm³/mol. The van der Waals surface area contributed by atoms with Crippen LogP contribution >= 0.6 is 0 Å². The summed E-state index contributed by atoms with van der Waals surface area (Å²) in [6.45, 7) is 10.3. The van der Waals surface area contributed by atoms with Crippen LogP contribution in [0.3, 0.4) is 0 Å². The molecule has 0 bridgehead atoms. The molecule has 3 rings (SSSR count). The van der Waals surface area contributed by atoms with Gasteiger partial charge in [0, 0.05) is 44.9 Å². The van der Waals surface area contributed by atoms with Crippen LogP contribution in [0.15, 0.2) is 0 Å². The summed E-state index contributed by atoms with van der Waals surface area (Å²) in [6, 6.07) is -0.755. The first-order chi connectivity index (χ1) is 14.2. The highest BCUT2D eigenvalue weighted by molar-refractivity contribution is 5.87. The van der Waals surface area contributed by atoms with E-state index in [9.17, 15) is 18.4 Å². The molecule has 3 aliphatic rings. The molecule has 174 valence electrons. The van der Waals surface area contributed by atoms with E-state index in [1.807, 2.05) is 13.8 Å². The molecule has 2 saturated heterocycles. The Morgan fingerprint density at radius 3 is 2.17 bits per heavy atom. The zero-order valence-corrected chi connectivity index (χ0v) is 18.8. The molecule has 6 nitrogen and oxygen atoms in total. The summed E-state index contributed by atoms with van der Waals surface area (Å²) in [5.74, 6) is -2.91. The maximum Gasteiger partial charge on any atom is 0.248 e. The van der Waals surface area contributed by atoms with Gasteiger partial charge in [-0.25, -0.2) is 8.78 Å². The zero-order valence-electron chi connectivity index (χ0n) is 18.8. The van der Waals surface area contributed by atoms with Gasteiger partial charge >= 0.3 is 0 Å². The Labute approximate surface area is 179 Å². The average molecular weight is 433 g/mol. The number of carbonyl (C=O) groups excluding carboxylic acids is 2. The lowest BCUT2D eigenvalue weighted by molar-refractivity contribution is -0.157. The number of halogens is 2. The van der Waals surface area contributed by atoms with E-state index in [1.165, 1.54) is 6.92 Å². The SMILES string of the molecule is CC.CC(=O)NC(C(=O)N1CCC2(CC1)COC2)C(C)OCC1CCC(F)(F)CC1. The lowest BCUT2D eigenvalue weighted by Gasteiger charge is -2.47. The van der Waals surface area contributed by atoms with Crippen LogP contribution in [0.1, 0.15) is 66.2 Å². The Kier molecular flexibility index (Phi) is 9.03. The summed E-state index contributed by atoms with van der Waals surface area (Å²) in [5, 5.41) is 2.73. The molecule has 0 aromatic carbocycles. The molecule has 1 aliphatic carbocycles. The highest BCUT2D eigenvalue weighted by Gasteiger charge is 2.43. The molecule has 2 heterocycles. The maximum absolute atomic E-state index is 13.3. The van der Waals surface area contributed by atoms with Crippen LogP contribution in [0.25, 0.3) is 0 Å². The molecule has 0 radical (unpaired) electrons. The second kappa shape index (κ2) is 10.8. The largest absolute Gasteiger partial charge is 0.380 e. The predicted octanol–water partition coefficient (Wildman–Crippen LogP) is 3.39. The lowest BCUT2D eigenvalue weighted by Crippen LogP contribution is -2.58. The first-order valence-corrected chi connectivity index (χ1v) is 11.3. The number of hydrogen-bond acceptors (Lipinski definition) is 4. The van der Waals surface area contributed by atoms with Gasteiger partial charge in [-0.15, -0.1) is 0 Å². The summed E-state index contributed by atoms with van der Waals surface area (Å²) in [5.41, 5.74) is 0.228. The summed E-state index contributed by atoms with van der Waals surface area (Å²) in [7, 11) is 0. The molecule has 3 fully saturated rings. The number of likely N-dealkylation sites (tertiary alicyclic amines) is 1.